The fraction of sp³-hybridized carbons (Fsp3) is 0.692. The lowest BCUT2D eigenvalue weighted by atomic mass is 10.1. The number of carbonyl (C=O) groups excluding carboxylic acids is 1. The molecule has 0 spiro atoms. The van der Waals surface area contributed by atoms with Crippen LogP contribution in [-0.4, -0.2) is 53.8 Å². The quantitative estimate of drug-likeness (QED) is 0.711. The number of aliphatic carboxylic acids is 1. The van der Waals surface area contributed by atoms with Crippen LogP contribution in [0.2, 0.25) is 0 Å². The first kappa shape index (κ1) is 15.5. The standard InChI is InChI=1S/C13H22N2O4/c1-3-4-10(2)14-13(18)15-7-5-11(6-8-15)19-9-12(16)17/h3,10-11H,1,4-9H2,2H3,(H,14,18)(H,16,17). The SMILES string of the molecule is C=CCC(C)NC(=O)N1CCC(OCC(=O)O)CC1. The molecule has 108 valence electrons. The summed E-state index contributed by atoms with van der Waals surface area (Å²) < 4.78 is 5.22. The minimum atomic E-state index is -0.960. The van der Waals surface area contributed by atoms with E-state index >= 15 is 0 Å². The van der Waals surface area contributed by atoms with Crippen molar-refractivity contribution in [2.45, 2.75) is 38.3 Å². The fourth-order valence-corrected chi connectivity index (χ4v) is 2.03. The Morgan fingerprint density at radius 1 is 1.53 bits per heavy atom. The smallest absolute Gasteiger partial charge is 0.329 e. The van der Waals surface area contributed by atoms with Crippen LogP contribution in [0, 0.1) is 0 Å². The molecule has 0 radical (unpaired) electrons. The molecule has 1 fully saturated rings. The summed E-state index contributed by atoms with van der Waals surface area (Å²) in [4.78, 5) is 24.0. The van der Waals surface area contributed by atoms with Gasteiger partial charge in [0.1, 0.15) is 6.61 Å². The third-order valence-corrected chi connectivity index (χ3v) is 3.06. The molecule has 1 heterocycles. The number of nitrogens with zero attached hydrogens (tertiary/aromatic N) is 1. The molecule has 2 N–H and O–H groups in total. The number of hydrogen-bond donors (Lipinski definition) is 2. The lowest BCUT2D eigenvalue weighted by molar-refractivity contribution is -0.145. The van der Waals surface area contributed by atoms with Gasteiger partial charge in [0.25, 0.3) is 0 Å². The maximum Gasteiger partial charge on any atom is 0.329 e. The number of carboxylic acids is 1. The Bertz CT molecular complexity index is 325. The summed E-state index contributed by atoms with van der Waals surface area (Å²) in [7, 11) is 0. The summed E-state index contributed by atoms with van der Waals surface area (Å²) in [5.74, 6) is -0.960. The van der Waals surface area contributed by atoms with Crippen molar-refractivity contribution >= 4 is 12.0 Å². The van der Waals surface area contributed by atoms with Gasteiger partial charge in [-0.25, -0.2) is 9.59 Å². The van der Waals surface area contributed by atoms with E-state index in [-0.39, 0.29) is 24.8 Å². The second-order valence-corrected chi connectivity index (χ2v) is 4.77. The Kier molecular flexibility index (Phi) is 6.35. The van der Waals surface area contributed by atoms with Crippen molar-refractivity contribution < 1.29 is 19.4 Å². The van der Waals surface area contributed by atoms with E-state index in [2.05, 4.69) is 11.9 Å². The molecule has 1 unspecified atom stereocenters. The second kappa shape index (κ2) is 7.78. The van der Waals surface area contributed by atoms with Crippen molar-refractivity contribution in [1.29, 1.82) is 0 Å². The molecule has 0 aromatic rings. The molecule has 6 nitrogen and oxygen atoms in total. The molecular formula is C13H22N2O4. The molecule has 0 bridgehead atoms. The number of ether oxygens (including phenoxy) is 1. The van der Waals surface area contributed by atoms with E-state index < -0.39 is 5.97 Å². The van der Waals surface area contributed by atoms with Crippen LogP contribution in [0.15, 0.2) is 12.7 Å². The largest absolute Gasteiger partial charge is 0.480 e. The predicted octanol–water partition coefficient (Wildman–Crippen LogP) is 1.23. The number of hydrogen-bond acceptors (Lipinski definition) is 3. The van der Waals surface area contributed by atoms with Crippen LogP contribution < -0.4 is 5.32 Å². The van der Waals surface area contributed by atoms with Crippen molar-refractivity contribution in [3.05, 3.63) is 12.7 Å². The number of carboxylic acid groups (broad SMARTS) is 1. The van der Waals surface area contributed by atoms with Gasteiger partial charge >= 0.3 is 12.0 Å². The molecule has 0 saturated carbocycles. The summed E-state index contributed by atoms with van der Waals surface area (Å²) in [5, 5.41) is 11.4. The molecule has 1 saturated heterocycles. The number of amides is 2. The molecular weight excluding hydrogens is 248 g/mol. The van der Waals surface area contributed by atoms with Crippen molar-refractivity contribution in [1.82, 2.24) is 10.2 Å². The molecule has 6 heteroatoms. The monoisotopic (exact) mass is 270 g/mol. The van der Waals surface area contributed by atoms with Crippen LogP contribution in [0.4, 0.5) is 4.79 Å². The predicted molar refractivity (Wildman–Crippen MR) is 71.0 cm³/mol. The van der Waals surface area contributed by atoms with Gasteiger partial charge in [-0.2, -0.15) is 0 Å². The van der Waals surface area contributed by atoms with Crippen molar-refractivity contribution in [3.63, 3.8) is 0 Å². The average Bonchev–Trinajstić information content (AvgIpc) is 2.37. The lowest BCUT2D eigenvalue weighted by Crippen LogP contribution is -2.48. The van der Waals surface area contributed by atoms with Gasteiger partial charge < -0.3 is 20.1 Å². The highest BCUT2D eigenvalue weighted by atomic mass is 16.5. The number of rotatable bonds is 6. The normalized spacial score (nSPS) is 17.8. The van der Waals surface area contributed by atoms with Gasteiger partial charge in [-0.3, -0.25) is 0 Å². The zero-order valence-corrected chi connectivity index (χ0v) is 11.3. The third-order valence-electron chi connectivity index (χ3n) is 3.06. The van der Waals surface area contributed by atoms with Crippen LogP contribution in [0.25, 0.3) is 0 Å². The van der Waals surface area contributed by atoms with Crippen LogP contribution >= 0.6 is 0 Å². The van der Waals surface area contributed by atoms with E-state index in [1.54, 1.807) is 11.0 Å². The van der Waals surface area contributed by atoms with E-state index in [0.717, 1.165) is 6.42 Å². The second-order valence-electron chi connectivity index (χ2n) is 4.77. The van der Waals surface area contributed by atoms with Crippen molar-refractivity contribution in [2.24, 2.45) is 0 Å². The molecule has 0 aromatic heterocycles. The first-order valence-corrected chi connectivity index (χ1v) is 6.52. The third kappa shape index (κ3) is 5.74. The summed E-state index contributed by atoms with van der Waals surface area (Å²) in [6.45, 7) is 6.49. The van der Waals surface area contributed by atoms with E-state index in [4.69, 9.17) is 9.84 Å². The summed E-state index contributed by atoms with van der Waals surface area (Å²) >= 11 is 0. The highest BCUT2D eigenvalue weighted by Gasteiger charge is 2.24. The molecule has 19 heavy (non-hydrogen) atoms. The number of nitrogens with one attached hydrogen (secondary N) is 1. The Morgan fingerprint density at radius 2 is 2.16 bits per heavy atom. The zero-order chi connectivity index (χ0) is 14.3. The highest BCUT2D eigenvalue weighted by molar-refractivity contribution is 5.74. The molecule has 1 aliphatic heterocycles. The maximum atomic E-state index is 11.9. The molecule has 2 amide bonds. The highest BCUT2D eigenvalue weighted by Crippen LogP contribution is 2.13. The summed E-state index contributed by atoms with van der Waals surface area (Å²) in [6.07, 6.45) is 3.80. The van der Waals surface area contributed by atoms with E-state index in [1.165, 1.54) is 0 Å². The summed E-state index contributed by atoms with van der Waals surface area (Å²) in [6, 6.07) is -0.00276. The summed E-state index contributed by atoms with van der Waals surface area (Å²) in [5.41, 5.74) is 0. The number of likely N-dealkylation sites (tertiary alicyclic amines) is 1. The molecule has 1 aliphatic rings. The molecule has 0 aliphatic carbocycles. The van der Waals surface area contributed by atoms with E-state index in [0.29, 0.717) is 25.9 Å². The number of urea groups is 1. The van der Waals surface area contributed by atoms with E-state index in [9.17, 15) is 9.59 Å². The van der Waals surface area contributed by atoms with Gasteiger partial charge in [0, 0.05) is 19.1 Å². The fourth-order valence-electron chi connectivity index (χ4n) is 2.03. The Hall–Kier alpha value is -1.56. The molecule has 0 aromatic carbocycles. The van der Waals surface area contributed by atoms with Gasteiger partial charge in [-0.05, 0) is 26.2 Å². The molecule has 1 atom stereocenters. The van der Waals surface area contributed by atoms with Crippen molar-refractivity contribution in [2.75, 3.05) is 19.7 Å². The number of piperidine rings is 1. The van der Waals surface area contributed by atoms with Crippen LogP contribution in [0.3, 0.4) is 0 Å². The average molecular weight is 270 g/mol. The van der Waals surface area contributed by atoms with Crippen LogP contribution in [-0.2, 0) is 9.53 Å². The molecule has 1 rings (SSSR count). The Morgan fingerprint density at radius 3 is 2.68 bits per heavy atom. The van der Waals surface area contributed by atoms with Gasteiger partial charge in [0.05, 0.1) is 6.10 Å². The minimum Gasteiger partial charge on any atom is -0.480 e. The maximum absolute atomic E-state index is 11.9. The van der Waals surface area contributed by atoms with E-state index in [1.807, 2.05) is 6.92 Å². The first-order chi connectivity index (χ1) is 9.02. The van der Waals surface area contributed by atoms with Gasteiger partial charge in [0.15, 0.2) is 0 Å². The van der Waals surface area contributed by atoms with Gasteiger partial charge in [-0.15, -0.1) is 6.58 Å². The first-order valence-electron chi connectivity index (χ1n) is 6.52. The zero-order valence-electron chi connectivity index (χ0n) is 11.3. The minimum absolute atomic E-state index is 0.0641. The Balaban J connectivity index is 2.26. The van der Waals surface area contributed by atoms with Gasteiger partial charge in [0.2, 0.25) is 0 Å². The topological polar surface area (TPSA) is 78.9 Å². The van der Waals surface area contributed by atoms with Gasteiger partial charge in [-0.1, -0.05) is 6.08 Å². The number of carbonyl (C=O) groups is 2. The van der Waals surface area contributed by atoms with Crippen molar-refractivity contribution in [3.8, 4) is 0 Å². The van der Waals surface area contributed by atoms with Crippen LogP contribution in [0.1, 0.15) is 26.2 Å². The van der Waals surface area contributed by atoms with Crippen LogP contribution in [0.5, 0.6) is 0 Å². The Labute approximate surface area is 113 Å². The lowest BCUT2D eigenvalue weighted by Gasteiger charge is -2.32.